The lowest BCUT2D eigenvalue weighted by Gasteiger charge is -2.40. The number of methoxy groups -OCH3 is 1. The normalized spacial score (nSPS) is 16.9. The van der Waals surface area contributed by atoms with Crippen LogP contribution in [-0.4, -0.2) is 36.3 Å². The van der Waals surface area contributed by atoms with Crippen molar-refractivity contribution in [3.8, 4) is 0 Å². The second kappa shape index (κ2) is 5.18. The van der Waals surface area contributed by atoms with Gasteiger partial charge in [-0.15, -0.1) is 11.3 Å². The molecular weight excluding hydrogens is 272 g/mol. The van der Waals surface area contributed by atoms with Crippen LogP contribution in [-0.2, 0) is 4.74 Å². The maximum Gasteiger partial charge on any atom is 0.225 e. The molecule has 0 aliphatic heterocycles. The molecule has 0 bridgehead atoms. The molecule has 2 N–H and O–H groups in total. The van der Waals surface area contributed by atoms with Gasteiger partial charge in [0.2, 0.25) is 5.95 Å². The molecule has 1 aliphatic rings. The molecule has 0 amide bonds. The SMILES string of the molecule is CNc1nc(NCC2(OC)CCC2)c2cc(C)sc2n1. The van der Waals surface area contributed by atoms with Crippen molar-refractivity contribution in [1.82, 2.24) is 9.97 Å². The third-order valence-electron chi connectivity index (χ3n) is 4.02. The number of rotatable bonds is 5. The van der Waals surface area contributed by atoms with Gasteiger partial charge in [0.15, 0.2) is 0 Å². The fraction of sp³-hybridized carbons (Fsp3) is 0.571. The lowest BCUT2D eigenvalue weighted by molar-refractivity contribution is -0.0601. The highest BCUT2D eigenvalue weighted by molar-refractivity contribution is 7.18. The fourth-order valence-electron chi connectivity index (χ4n) is 2.56. The van der Waals surface area contributed by atoms with Gasteiger partial charge >= 0.3 is 0 Å². The summed E-state index contributed by atoms with van der Waals surface area (Å²) in [7, 11) is 3.64. The van der Waals surface area contributed by atoms with Crippen LogP contribution in [0.25, 0.3) is 10.2 Å². The summed E-state index contributed by atoms with van der Waals surface area (Å²) in [6.07, 6.45) is 3.48. The van der Waals surface area contributed by atoms with E-state index in [-0.39, 0.29) is 5.60 Å². The van der Waals surface area contributed by atoms with Crippen LogP contribution in [0.3, 0.4) is 0 Å². The van der Waals surface area contributed by atoms with Gasteiger partial charge in [-0.05, 0) is 32.3 Å². The topological polar surface area (TPSA) is 59.1 Å². The number of ether oxygens (including phenoxy) is 1. The molecule has 6 heteroatoms. The predicted octanol–water partition coefficient (Wildman–Crippen LogP) is 3.02. The molecule has 3 rings (SSSR count). The molecule has 2 heterocycles. The zero-order chi connectivity index (χ0) is 14.2. The Morgan fingerprint density at radius 1 is 1.40 bits per heavy atom. The van der Waals surface area contributed by atoms with Crippen LogP contribution in [0, 0.1) is 6.92 Å². The van der Waals surface area contributed by atoms with E-state index >= 15 is 0 Å². The summed E-state index contributed by atoms with van der Waals surface area (Å²) >= 11 is 1.69. The molecule has 0 atom stereocenters. The number of aryl methyl sites for hydroxylation is 1. The van der Waals surface area contributed by atoms with Gasteiger partial charge < -0.3 is 15.4 Å². The van der Waals surface area contributed by atoms with Gasteiger partial charge in [0, 0.05) is 25.6 Å². The molecule has 1 fully saturated rings. The van der Waals surface area contributed by atoms with E-state index in [9.17, 15) is 0 Å². The minimum absolute atomic E-state index is 0.0118. The number of hydrogen-bond acceptors (Lipinski definition) is 6. The Balaban J connectivity index is 1.89. The average molecular weight is 292 g/mol. The van der Waals surface area contributed by atoms with Crippen LogP contribution in [0.4, 0.5) is 11.8 Å². The number of nitrogens with zero attached hydrogens (tertiary/aromatic N) is 2. The fourth-order valence-corrected chi connectivity index (χ4v) is 3.44. The first-order valence-corrected chi connectivity index (χ1v) is 7.72. The highest BCUT2D eigenvalue weighted by Gasteiger charge is 2.36. The van der Waals surface area contributed by atoms with E-state index < -0.39 is 0 Å². The first-order chi connectivity index (χ1) is 9.65. The summed E-state index contributed by atoms with van der Waals surface area (Å²) in [6, 6.07) is 2.14. The van der Waals surface area contributed by atoms with E-state index in [1.807, 2.05) is 7.05 Å². The zero-order valence-corrected chi connectivity index (χ0v) is 12.9. The highest BCUT2D eigenvalue weighted by atomic mass is 32.1. The third kappa shape index (κ3) is 2.33. The smallest absolute Gasteiger partial charge is 0.225 e. The summed E-state index contributed by atoms with van der Waals surface area (Å²) in [5.41, 5.74) is -0.0118. The van der Waals surface area contributed by atoms with Crippen LogP contribution in [0.1, 0.15) is 24.1 Å². The quantitative estimate of drug-likeness (QED) is 0.887. The molecule has 0 aromatic carbocycles. The molecule has 2 aromatic heterocycles. The number of nitrogens with one attached hydrogen (secondary N) is 2. The Morgan fingerprint density at radius 3 is 2.80 bits per heavy atom. The molecule has 0 unspecified atom stereocenters. The summed E-state index contributed by atoms with van der Waals surface area (Å²) in [5.74, 6) is 1.55. The predicted molar refractivity (Wildman–Crippen MR) is 83.8 cm³/mol. The van der Waals surface area contributed by atoms with Crippen molar-refractivity contribution in [1.29, 1.82) is 0 Å². The molecule has 1 aliphatic carbocycles. The highest BCUT2D eigenvalue weighted by Crippen LogP contribution is 2.36. The van der Waals surface area contributed by atoms with E-state index in [2.05, 4.69) is 33.6 Å². The minimum Gasteiger partial charge on any atom is -0.376 e. The lowest BCUT2D eigenvalue weighted by Crippen LogP contribution is -2.45. The Bertz CT molecular complexity index is 615. The first-order valence-electron chi connectivity index (χ1n) is 6.91. The van der Waals surface area contributed by atoms with Crippen molar-refractivity contribution >= 4 is 33.3 Å². The van der Waals surface area contributed by atoms with E-state index in [4.69, 9.17) is 4.74 Å². The van der Waals surface area contributed by atoms with Gasteiger partial charge in [-0.25, -0.2) is 4.98 Å². The Morgan fingerprint density at radius 2 is 2.20 bits per heavy atom. The van der Waals surface area contributed by atoms with E-state index in [1.54, 1.807) is 18.4 Å². The van der Waals surface area contributed by atoms with Gasteiger partial charge in [0.05, 0.1) is 11.0 Å². The number of hydrogen-bond donors (Lipinski definition) is 2. The van der Waals surface area contributed by atoms with Crippen LogP contribution in [0.15, 0.2) is 6.07 Å². The van der Waals surface area contributed by atoms with Gasteiger partial charge in [0.25, 0.3) is 0 Å². The summed E-state index contributed by atoms with van der Waals surface area (Å²) < 4.78 is 5.65. The molecule has 0 spiro atoms. The number of thiophene rings is 1. The minimum atomic E-state index is -0.0118. The Kier molecular flexibility index (Phi) is 3.52. The van der Waals surface area contributed by atoms with Crippen molar-refractivity contribution in [2.75, 3.05) is 31.3 Å². The van der Waals surface area contributed by atoms with Gasteiger partial charge in [-0.2, -0.15) is 4.98 Å². The average Bonchev–Trinajstić information content (AvgIpc) is 2.78. The van der Waals surface area contributed by atoms with Crippen LogP contribution >= 0.6 is 11.3 Å². The van der Waals surface area contributed by atoms with Gasteiger partial charge in [-0.1, -0.05) is 0 Å². The van der Waals surface area contributed by atoms with E-state index in [0.29, 0.717) is 5.95 Å². The van der Waals surface area contributed by atoms with Crippen molar-refractivity contribution < 1.29 is 4.74 Å². The van der Waals surface area contributed by atoms with Crippen molar-refractivity contribution in [3.05, 3.63) is 10.9 Å². The van der Waals surface area contributed by atoms with Crippen LogP contribution < -0.4 is 10.6 Å². The van der Waals surface area contributed by atoms with Gasteiger partial charge in [0.1, 0.15) is 10.6 Å². The molecule has 20 heavy (non-hydrogen) atoms. The molecule has 0 radical (unpaired) electrons. The second-order valence-electron chi connectivity index (χ2n) is 5.32. The standard InChI is InChI=1S/C14H20N4OS/c1-9-7-10-11(16-8-14(19-3)5-4-6-14)17-13(15-2)18-12(10)20-9/h7H,4-6,8H2,1-3H3,(H2,15,16,17,18). The number of fused-ring (bicyclic) bond motifs is 1. The number of anilines is 2. The summed E-state index contributed by atoms with van der Waals surface area (Å²) in [5, 5.41) is 7.58. The van der Waals surface area contributed by atoms with Gasteiger partial charge in [-0.3, -0.25) is 0 Å². The summed E-state index contributed by atoms with van der Waals surface area (Å²) in [6.45, 7) is 2.89. The van der Waals surface area contributed by atoms with Crippen molar-refractivity contribution in [2.24, 2.45) is 0 Å². The Labute approximate surface area is 122 Å². The lowest BCUT2D eigenvalue weighted by atomic mass is 9.80. The van der Waals surface area contributed by atoms with E-state index in [1.165, 1.54) is 11.3 Å². The molecule has 108 valence electrons. The third-order valence-corrected chi connectivity index (χ3v) is 4.96. The first kappa shape index (κ1) is 13.6. The molecule has 0 saturated heterocycles. The maximum atomic E-state index is 5.65. The molecule has 5 nitrogen and oxygen atoms in total. The molecular formula is C14H20N4OS. The maximum absolute atomic E-state index is 5.65. The molecule has 2 aromatic rings. The van der Waals surface area contributed by atoms with E-state index in [0.717, 1.165) is 35.4 Å². The number of aromatic nitrogens is 2. The van der Waals surface area contributed by atoms with Crippen LogP contribution in [0.5, 0.6) is 0 Å². The largest absolute Gasteiger partial charge is 0.376 e. The second-order valence-corrected chi connectivity index (χ2v) is 6.55. The van der Waals surface area contributed by atoms with Crippen molar-refractivity contribution in [2.45, 2.75) is 31.8 Å². The van der Waals surface area contributed by atoms with Crippen molar-refractivity contribution in [3.63, 3.8) is 0 Å². The monoisotopic (exact) mass is 292 g/mol. The van der Waals surface area contributed by atoms with Crippen LogP contribution in [0.2, 0.25) is 0 Å². The molecule has 1 saturated carbocycles. The zero-order valence-electron chi connectivity index (χ0n) is 12.1. The Hall–Kier alpha value is -1.40. The summed E-state index contributed by atoms with van der Waals surface area (Å²) in [4.78, 5) is 11.3.